The summed E-state index contributed by atoms with van der Waals surface area (Å²) in [5, 5.41) is 10.1. The maximum absolute atomic E-state index is 10.1. The third-order valence-electron chi connectivity index (χ3n) is 3.60. The summed E-state index contributed by atoms with van der Waals surface area (Å²) in [5.74, 6) is 0.231. The molecular weight excluding hydrogens is 234 g/mol. The first kappa shape index (κ1) is 16.4. The van der Waals surface area contributed by atoms with Gasteiger partial charge in [0.05, 0.1) is 12.1 Å². The zero-order valence-electron chi connectivity index (χ0n) is 11.1. The highest BCUT2D eigenvalue weighted by Gasteiger charge is 2.23. The molecule has 0 heterocycles. The van der Waals surface area contributed by atoms with Gasteiger partial charge in [0.2, 0.25) is 0 Å². The van der Waals surface area contributed by atoms with Gasteiger partial charge < -0.3 is 10.8 Å². The van der Waals surface area contributed by atoms with Crippen LogP contribution < -0.4 is 5.73 Å². The van der Waals surface area contributed by atoms with Crippen LogP contribution in [0, 0.1) is 19.8 Å². The van der Waals surface area contributed by atoms with E-state index in [1.165, 1.54) is 11.1 Å². The van der Waals surface area contributed by atoms with Crippen LogP contribution >= 0.6 is 12.4 Å². The smallest absolute Gasteiger partial charge is 0.0758 e. The maximum Gasteiger partial charge on any atom is 0.0758 e. The van der Waals surface area contributed by atoms with Crippen molar-refractivity contribution in [2.75, 3.05) is 0 Å². The molecule has 3 atom stereocenters. The summed E-state index contributed by atoms with van der Waals surface area (Å²) in [7, 11) is 0. The Balaban J connectivity index is 0.00000256. The molecule has 0 aliphatic rings. The van der Waals surface area contributed by atoms with E-state index in [-0.39, 0.29) is 24.4 Å². The van der Waals surface area contributed by atoms with Crippen LogP contribution in [0.15, 0.2) is 18.2 Å². The quantitative estimate of drug-likeness (QED) is 0.871. The Morgan fingerprint density at radius 3 is 2.41 bits per heavy atom. The van der Waals surface area contributed by atoms with Crippen molar-refractivity contribution in [3.63, 3.8) is 0 Å². The molecule has 3 N–H and O–H groups in total. The van der Waals surface area contributed by atoms with E-state index in [9.17, 15) is 5.11 Å². The summed E-state index contributed by atoms with van der Waals surface area (Å²) >= 11 is 0. The van der Waals surface area contributed by atoms with Crippen molar-refractivity contribution in [3.05, 3.63) is 34.9 Å². The van der Waals surface area contributed by atoms with Gasteiger partial charge in [0.15, 0.2) is 0 Å². The molecule has 0 radical (unpaired) electrons. The monoisotopic (exact) mass is 257 g/mol. The van der Waals surface area contributed by atoms with Crippen LogP contribution in [0.4, 0.5) is 0 Å². The minimum Gasteiger partial charge on any atom is -0.391 e. The second-order valence-corrected chi connectivity index (χ2v) is 4.69. The second kappa shape index (κ2) is 7.00. The van der Waals surface area contributed by atoms with Crippen LogP contribution in [-0.2, 0) is 0 Å². The van der Waals surface area contributed by atoms with Gasteiger partial charge in [-0.3, -0.25) is 0 Å². The Morgan fingerprint density at radius 1 is 1.29 bits per heavy atom. The molecule has 0 amide bonds. The minimum absolute atomic E-state index is 0. The first-order valence-electron chi connectivity index (χ1n) is 5.98. The fourth-order valence-corrected chi connectivity index (χ4v) is 1.91. The van der Waals surface area contributed by atoms with Gasteiger partial charge in [0, 0.05) is 0 Å². The zero-order valence-corrected chi connectivity index (χ0v) is 11.9. The van der Waals surface area contributed by atoms with Crippen molar-refractivity contribution in [3.8, 4) is 0 Å². The largest absolute Gasteiger partial charge is 0.391 e. The van der Waals surface area contributed by atoms with Gasteiger partial charge in [-0.25, -0.2) is 0 Å². The fraction of sp³-hybridized carbons (Fsp3) is 0.571. The second-order valence-electron chi connectivity index (χ2n) is 4.69. The highest BCUT2D eigenvalue weighted by molar-refractivity contribution is 5.85. The number of aryl methyl sites for hydroxylation is 1. The molecule has 0 bridgehead atoms. The van der Waals surface area contributed by atoms with Crippen LogP contribution in [0.2, 0.25) is 0 Å². The number of rotatable bonds is 4. The number of nitrogens with two attached hydrogens (primary N) is 1. The van der Waals surface area contributed by atoms with Crippen molar-refractivity contribution in [2.45, 2.75) is 46.3 Å². The summed E-state index contributed by atoms with van der Waals surface area (Å²) < 4.78 is 0. The molecule has 2 nitrogen and oxygen atoms in total. The molecule has 3 heteroatoms. The van der Waals surface area contributed by atoms with E-state index in [1.807, 2.05) is 19.1 Å². The zero-order chi connectivity index (χ0) is 12.3. The van der Waals surface area contributed by atoms with Crippen LogP contribution in [0.5, 0.6) is 0 Å². The van der Waals surface area contributed by atoms with Crippen LogP contribution in [0.25, 0.3) is 0 Å². The average molecular weight is 258 g/mol. The lowest BCUT2D eigenvalue weighted by Crippen LogP contribution is -2.32. The average Bonchev–Trinajstić information content (AvgIpc) is 2.29. The lowest BCUT2D eigenvalue weighted by Gasteiger charge is -2.26. The third kappa shape index (κ3) is 3.70. The van der Waals surface area contributed by atoms with Crippen molar-refractivity contribution < 1.29 is 5.11 Å². The minimum atomic E-state index is -0.467. The maximum atomic E-state index is 10.1. The fourth-order valence-electron chi connectivity index (χ4n) is 1.91. The third-order valence-corrected chi connectivity index (χ3v) is 3.60. The van der Waals surface area contributed by atoms with Crippen molar-refractivity contribution in [1.82, 2.24) is 0 Å². The first-order chi connectivity index (χ1) is 7.49. The van der Waals surface area contributed by atoms with Crippen LogP contribution in [-0.4, -0.2) is 11.2 Å². The van der Waals surface area contributed by atoms with E-state index in [1.54, 1.807) is 0 Å². The molecule has 1 aromatic rings. The lowest BCUT2D eigenvalue weighted by molar-refractivity contribution is 0.0877. The highest BCUT2D eigenvalue weighted by Crippen LogP contribution is 2.25. The van der Waals surface area contributed by atoms with Crippen LogP contribution in [0.1, 0.15) is 43.0 Å². The summed E-state index contributed by atoms with van der Waals surface area (Å²) in [4.78, 5) is 0. The summed E-state index contributed by atoms with van der Waals surface area (Å²) in [6, 6.07) is 5.80. The lowest BCUT2D eigenvalue weighted by atomic mass is 9.88. The molecular formula is C14H24ClNO. The molecule has 1 rings (SSSR count). The van der Waals surface area contributed by atoms with Gasteiger partial charge in [-0.2, -0.15) is 0 Å². The van der Waals surface area contributed by atoms with E-state index in [0.717, 1.165) is 12.0 Å². The van der Waals surface area contributed by atoms with Crippen molar-refractivity contribution in [1.29, 1.82) is 0 Å². The Kier molecular flexibility index (Phi) is 6.76. The molecule has 0 aliphatic heterocycles. The van der Waals surface area contributed by atoms with Gasteiger partial charge in [-0.05, 0) is 36.5 Å². The van der Waals surface area contributed by atoms with Crippen molar-refractivity contribution >= 4 is 12.4 Å². The number of hydrogen-bond acceptors (Lipinski definition) is 2. The SMILES string of the molecule is CCC(C)[C@@H](O)[C@@H](N)c1cccc(C)c1C.Cl. The predicted molar refractivity (Wildman–Crippen MR) is 75.6 cm³/mol. The Hall–Kier alpha value is -0.570. The molecule has 98 valence electrons. The molecule has 0 saturated carbocycles. The van der Waals surface area contributed by atoms with Gasteiger partial charge in [0.25, 0.3) is 0 Å². The summed E-state index contributed by atoms with van der Waals surface area (Å²) in [5.41, 5.74) is 9.62. The van der Waals surface area contributed by atoms with Crippen molar-refractivity contribution in [2.24, 2.45) is 11.7 Å². The van der Waals surface area contributed by atoms with Gasteiger partial charge in [-0.1, -0.05) is 38.5 Å². The van der Waals surface area contributed by atoms with Gasteiger partial charge >= 0.3 is 0 Å². The Morgan fingerprint density at radius 2 is 1.88 bits per heavy atom. The molecule has 17 heavy (non-hydrogen) atoms. The number of hydrogen-bond donors (Lipinski definition) is 2. The number of aliphatic hydroxyl groups excluding tert-OH is 1. The van der Waals surface area contributed by atoms with E-state index in [2.05, 4.69) is 26.8 Å². The number of aliphatic hydroxyl groups is 1. The summed E-state index contributed by atoms with van der Waals surface area (Å²) in [6.45, 7) is 8.24. The Labute approximate surface area is 111 Å². The highest BCUT2D eigenvalue weighted by atomic mass is 35.5. The van der Waals surface area contributed by atoms with E-state index < -0.39 is 6.10 Å². The standard InChI is InChI=1S/C14H23NO.ClH/c1-5-9(2)14(16)13(15)12-8-6-7-10(3)11(12)4;/h6-9,13-14,16H,5,15H2,1-4H3;1H/t9?,13-,14+;/m0./s1. The molecule has 1 aromatic carbocycles. The van der Waals surface area contributed by atoms with Gasteiger partial charge in [-0.15, -0.1) is 12.4 Å². The normalized spacial score (nSPS) is 15.9. The summed E-state index contributed by atoms with van der Waals surface area (Å²) in [6.07, 6.45) is 0.477. The molecule has 0 aromatic heterocycles. The molecule has 0 aliphatic carbocycles. The first-order valence-corrected chi connectivity index (χ1v) is 5.98. The Bertz CT molecular complexity index is 354. The number of benzene rings is 1. The van der Waals surface area contributed by atoms with Crippen LogP contribution in [0.3, 0.4) is 0 Å². The van der Waals surface area contributed by atoms with E-state index in [0.29, 0.717) is 0 Å². The predicted octanol–water partition coefficient (Wildman–Crippen LogP) is 3.13. The van der Waals surface area contributed by atoms with E-state index >= 15 is 0 Å². The molecule has 0 saturated heterocycles. The molecule has 0 fully saturated rings. The topological polar surface area (TPSA) is 46.2 Å². The molecule has 0 spiro atoms. The van der Waals surface area contributed by atoms with Gasteiger partial charge in [0.1, 0.15) is 0 Å². The molecule has 1 unspecified atom stereocenters. The number of halogens is 1. The van der Waals surface area contributed by atoms with E-state index in [4.69, 9.17) is 5.73 Å².